The third-order valence-electron chi connectivity index (χ3n) is 2.14. The molecule has 18 heavy (non-hydrogen) atoms. The van der Waals surface area contributed by atoms with Gasteiger partial charge in [-0.15, -0.1) is 10.2 Å². The Balaban J connectivity index is 2.17. The second kappa shape index (κ2) is 4.92. The van der Waals surface area contributed by atoms with Crippen LogP contribution >= 0.6 is 11.6 Å². The van der Waals surface area contributed by atoms with Crippen molar-refractivity contribution in [2.24, 2.45) is 0 Å². The van der Waals surface area contributed by atoms with Gasteiger partial charge < -0.3 is 5.32 Å². The van der Waals surface area contributed by atoms with Gasteiger partial charge in [0.15, 0.2) is 5.82 Å². The first-order valence-electron chi connectivity index (χ1n) is 4.87. The topological polar surface area (TPSA) is 123 Å². The lowest BCUT2D eigenvalue weighted by Crippen LogP contribution is -2.10. The van der Waals surface area contributed by atoms with Gasteiger partial charge in [-0.2, -0.15) is 5.21 Å². The molecule has 0 amide bonds. The molecule has 0 saturated carbocycles. The molecule has 0 aliphatic rings. The van der Waals surface area contributed by atoms with Crippen LogP contribution in [0.4, 0.5) is 11.5 Å². The van der Waals surface area contributed by atoms with E-state index in [1.54, 1.807) is 6.92 Å². The molecule has 1 atom stereocenters. The Morgan fingerprint density at radius 2 is 2.39 bits per heavy atom. The first kappa shape index (κ1) is 12.2. The highest BCUT2D eigenvalue weighted by Crippen LogP contribution is 2.26. The quantitative estimate of drug-likeness (QED) is 0.634. The van der Waals surface area contributed by atoms with E-state index in [2.05, 4.69) is 30.9 Å². The van der Waals surface area contributed by atoms with Crippen molar-refractivity contribution < 1.29 is 4.92 Å². The first-order chi connectivity index (χ1) is 8.58. The van der Waals surface area contributed by atoms with Gasteiger partial charge in [0.25, 0.3) is 5.69 Å². The van der Waals surface area contributed by atoms with E-state index in [0.717, 1.165) is 6.20 Å². The smallest absolute Gasteiger partial charge is 0.289 e. The number of pyridine rings is 1. The lowest BCUT2D eigenvalue weighted by molar-refractivity contribution is -0.385. The highest BCUT2D eigenvalue weighted by Gasteiger charge is 2.15. The van der Waals surface area contributed by atoms with Crippen molar-refractivity contribution >= 4 is 23.1 Å². The number of hydrogen-bond donors (Lipinski definition) is 2. The van der Waals surface area contributed by atoms with Crippen molar-refractivity contribution in [3.63, 3.8) is 0 Å². The minimum atomic E-state index is -0.564. The van der Waals surface area contributed by atoms with Crippen molar-refractivity contribution in [3.05, 3.63) is 33.2 Å². The number of nitrogens with zero attached hydrogens (tertiary/aromatic N) is 5. The number of rotatable bonds is 4. The van der Waals surface area contributed by atoms with Gasteiger partial charge in [-0.3, -0.25) is 10.1 Å². The number of hydrogen-bond acceptors (Lipinski definition) is 7. The highest BCUT2D eigenvalue weighted by molar-refractivity contribution is 6.33. The molecule has 0 radical (unpaired) electrons. The van der Waals surface area contributed by atoms with E-state index in [0.29, 0.717) is 11.6 Å². The van der Waals surface area contributed by atoms with E-state index in [9.17, 15) is 10.1 Å². The molecule has 0 aromatic carbocycles. The molecule has 1 unspecified atom stereocenters. The molecule has 2 heterocycles. The number of halogens is 1. The first-order valence-corrected chi connectivity index (χ1v) is 5.25. The normalized spacial score (nSPS) is 12.1. The zero-order valence-electron chi connectivity index (χ0n) is 9.16. The van der Waals surface area contributed by atoms with Crippen LogP contribution in [0.1, 0.15) is 18.8 Å². The summed E-state index contributed by atoms with van der Waals surface area (Å²) >= 11 is 5.89. The number of H-pyrrole nitrogens is 1. The van der Waals surface area contributed by atoms with E-state index in [1.165, 1.54) is 6.07 Å². The number of anilines is 1. The number of aromatic amines is 1. The van der Waals surface area contributed by atoms with Crippen LogP contribution in [0.2, 0.25) is 5.02 Å². The Labute approximate surface area is 106 Å². The van der Waals surface area contributed by atoms with Crippen LogP contribution in [0.3, 0.4) is 0 Å². The summed E-state index contributed by atoms with van der Waals surface area (Å²) in [6.45, 7) is 1.78. The molecule has 0 spiro atoms. The minimum Gasteiger partial charge on any atom is -0.359 e. The van der Waals surface area contributed by atoms with Crippen LogP contribution < -0.4 is 5.32 Å². The average molecular weight is 270 g/mol. The maximum atomic E-state index is 10.5. The summed E-state index contributed by atoms with van der Waals surface area (Å²) in [5.74, 6) is 0.755. The van der Waals surface area contributed by atoms with Gasteiger partial charge in [0.2, 0.25) is 0 Å². The lowest BCUT2D eigenvalue weighted by atomic mass is 10.3. The molecule has 0 aliphatic heterocycles. The number of nitrogens with one attached hydrogen (secondary N) is 2. The molecule has 10 heteroatoms. The maximum absolute atomic E-state index is 10.5. The monoisotopic (exact) mass is 269 g/mol. The Bertz CT molecular complexity index is 559. The van der Waals surface area contributed by atoms with E-state index in [-0.39, 0.29) is 16.8 Å². The van der Waals surface area contributed by atoms with Crippen LogP contribution in [0.25, 0.3) is 0 Å². The Morgan fingerprint density at radius 1 is 1.61 bits per heavy atom. The fraction of sp³-hybridized carbons (Fsp3) is 0.250. The van der Waals surface area contributed by atoms with Crippen molar-refractivity contribution in [3.8, 4) is 0 Å². The van der Waals surface area contributed by atoms with Crippen molar-refractivity contribution in [2.45, 2.75) is 13.0 Å². The van der Waals surface area contributed by atoms with Gasteiger partial charge in [-0.05, 0) is 6.92 Å². The Kier molecular flexibility index (Phi) is 3.33. The van der Waals surface area contributed by atoms with E-state index >= 15 is 0 Å². The van der Waals surface area contributed by atoms with E-state index in [4.69, 9.17) is 11.6 Å². The van der Waals surface area contributed by atoms with Crippen LogP contribution in [0.15, 0.2) is 12.3 Å². The predicted molar refractivity (Wildman–Crippen MR) is 62.1 cm³/mol. The third kappa shape index (κ3) is 2.51. The average Bonchev–Trinajstić information content (AvgIpc) is 2.85. The minimum absolute atomic E-state index is 0.152. The molecule has 2 N–H and O–H groups in total. The van der Waals surface area contributed by atoms with Crippen molar-refractivity contribution in [2.75, 3.05) is 5.32 Å². The summed E-state index contributed by atoms with van der Waals surface area (Å²) in [7, 11) is 0. The summed E-state index contributed by atoms with van der Waals surface area (Å²) in [5, 5.41) is 27.0. The Morgan fingerprint density at radius 3 is 2.94 bits per heavy atom. The summed E-state index contributed by atoms with van der Waals surface area (Å²) in [4.78, 5) is 13.8. The molecular formula is C8H8ClN7O2. The van der Waals surface area contributed by atoms with Crippen LogP contribution in [-0.4, -0.2) is 30.5 Å². The van der Waals surface area contributed by atoms with Gasteiger partial charge in [0.1, 0.15) is 12.0 Å². The number of aromatic nitrogens is 5. The summed E-state index contributed by atoms with van der Waals surface area (Å²) in [5.41, 5.74) is -0.169. The molecule has 0 aliphatic carbocycles. The second-order valence-corrected chi connectivity index (χ2v) is 3.82. The molecule has 94 valence electrons. The lowest BCUT2D eigenvalue weighted by Gasteiger charge is -2.11. The van der Waals surface area contributed by atoms with Crippen molar-refractivity contribution in [1.29, 1.82) is 0 Å². The fourth-order valence-electron chi connectivity index (χ4n) is 1.26. The van der Waals surface area contributed by atoms with Crippen LogP contribution in [-0.2, 0) is 0 Å². The molecule has 0 fully saturated rings. The maximum Gasteiger partial charge on any atom is 0.289 e. The molecule has 0 saturated heterocycles. The largest absolute Gasteiger partial charge is 0.359 e. The molecule has 2 aromatic rings. The third-order valence-corrected chi connectivity index (χ3v) is 2.43. The van der Waals surface area contributed by atoms with Gasteiger partial charge in [-0.1, -0.05) is 16.8 Å². The highest BCUT2D eigenvalue weighted by atomic mass is 35.5. The number of tetrazole rings is 1. The summed E-state index contributed by atoms with van der Waals surface area (Å²) in [6, 6.07) is 0.940. The SMILES string of the molecule is CC(Nc1ncc([N+](=O)[O-])cc1Cl)c1nn[nH]n1. The van der Waals surface area contributed by atoms with E-state index < -0.39 is 4.92 Å². The molecule has 9 nitrogen and oxygen atoms in total. The summed E-state index contributed by atoms with van der Waals surface area (Å²) in [6.07, 6.45) is 1.12. The van der Waals surface area contributed by atoms with Gasteiger partial charge in [0.05, 0.1) is 16.0 Å². The second-order valence-electron chi connectivity index (χ2n) is 3.42. The molecule has 0 bridgehead atoms. The fourth-order valence-corrected chi connectivity index (χ4v) is 1.47. The molecule has 2 rings (SSSR count). The van der Waals surface area contributed by atoms with Gasteiger partial charge in [0, 0.05) is 6.07 Å². The Hall–Kier alpha value is -2.29. The van der Waals surface area contributed by atoms with E-state index in [1.807, 2.05) is 0 Å². The van der Waals surface area contributed by atoms with Gasteiger partial charge in [-0.25, -0.2) is 4.98 Å². The summed E-state index contributed by atoms with van der Waals surface area (Å²) < 4.78 is 0. The van der Waals surface area contributed by atoms with Crippen LogP contribution in [0, 0.1) is 10.1 Å². The zero-order valence-corrected chi connectivity index (χ0v) is 9.92. The predicted octanol–water partition coefficient (Wildman–Crippen LogP) is 1.33. The molecule has 2 aromatic heterocycles. The number of nitro groups is 1. The standard InChI is InChI=1S/C8H8ClN7O2/c1-4(7-12-14-15-13-7)11-8-6(9)2-5(3-10-8)16(17)18/h2-4H,1H3,(H,10,11)(H,12,13,14,15). The molecular weight excluding hydrogens is 262 g/mol. The zero-order chi connectivity index (χ0) is 13.1. The van der Waals surface area contributed by atoms with Crippen LogP contribution in [0.5, 0.6) is 0 Å². The van der Waals surface area contributed by atoms with Crippen molar-refractivity contribution in [1.82, 2.24) is 25.6 Å². The van der Waals surface area contributed by atoms with Gasteiger partial charge >= 0.3 is 0 Å².